The van der Waals surface area contributed by atoms with Crippen molar-refractivity contribution in [2.45, 2.75) is 59.5 Å². The van der Waals surface area contributed by atoms with Gasteiger partial charge in [0, 0.05) is 42.8 Å². The summed E-state index contributed by atoms with van der Waals surface area (Å²) < 4.78 is 17.1. The Morgan fingerprint density at radius 2 is 1.74 bits per heavy atom. The van der Waals surface area contributed by atoms with Crippen LogP contribution in [0.2, 0.25) is 0 Å². The fourth-order valence-corrected chi connectivity index (χ4v) is 4.46. The Labute approximate surface area is 199 Å². The van der Waals surface area contributed by atoms with Crippen molar-refractivity contribution in [1.82, 2.24) is 29.5 Å². The molecule has 1 aromatic carbocycles. The lowest BCUT2D eigenvalue weighted by Gasteiger charge is -2.17. The predicted octanol–water partition coefficient (Wildman–Crippen LogP) is 4.29. The average molecular weight is 463 g/mol. The van der Waals surface area contributed by atoms with E-state index in [4.69, 9.17) is 5.10 Å². The second-order valence-electron chi connectivity index (χ2n) is 9.35. The van der Waals surface area contributed by atoms with Crippen LogP contribution in [-0.2, 0) is 26.3 Å². The van der Waals surface area contributed by atoms with Crippen molar-refractivity contribution in [3.05, 3.63) is 76.4 Å². The maximum atomic E-state index is 13.4. The number of nitrogens with zero attached hydrogens (tertiary/aromatic N) is 6. The molecule has 8 heteroatoms. The lowest BCUT2D eigenvalue weighted by molar-refractivity contribution is 0.0806. The van der Waals surface area contributed by atoms with Gasteiger partial charge >= 0.3 is 0 Å². The van der Waals surface area contributed by atoms with Crippen molar-refractivity contribution in [2.24, 2.45) is 7.05 Å². The molecule has 178 valence electrons. The summed E-state index contributed by atoms with van der Waals surface area (Å²) in [4.78, 5) is 8.94. The molecule has 0 aliphatic carbocycles. The highest BCUT2D eigenvalue weighted by Gasteiger charge is 2.22. The predicted molar refractivity (Wildman–Crippen MR) is 129 cm³/mol. The summed E-state index contributed by atoms with van der Waals surface area (Å²) in [6, 6.07) is 8.44. The molecule has 7 nitrogen and oxygen atoms in total. The Hall–Kier alpha value is -3.39. The fourth-order valence-electron chi connectivity index (χ4n) is 4.46. The second kappa shape index (κ2) is 9.10. The van der Waals surface area contributed by atoms with E-state index < -0.39 is 5.60 Å². The van der Waals surface area contributed by atoms with Gasteiger partial charge < -0.3 is 5.11 Å². The maximum absolute atomic E-state index is 13.4. The van der Waals surface area contributed by atoms with Crippen LogP contribution in [0, 0.1) is 19.7 Å². The lowest BCUT2D eigenvalue weighted by Crippen LogP contribution is -2.22. The molecule has 1 N–H and O–H groups in total. The molecule has 0 fully saturated rings. The van der Waals surface area contributed by atoms with E-state index in [1.54, 1.807) is 32.3 Å². The molecular weight excluding hydrogens is 431 g/mol. The number of halogens is 1. The van der Waals surface area contributed by atoms with E-state index in [9.17, 15) is 9.50 Å². The van der Waals surface area contributed by atoms with Gasteiger partial charge in [-0.3, -0.25) is 4.68 Å². The first-order valence-electron chi connectivity index (χ1n) is 11.5. The SMILES string of the molecule is CCc1c(Cc2cc(-n3nc(C)c(CC(C)(C)O)c3C)ncn2)nn(C)c1-c1ccc(F)cc1. The van der Waals surface area contributed by atoms with E-state index in [1.807, 2.05) is 36.3 Å². The highest BCUT2D eigenvalue weighted by atomic mass is 19.1. The van der Waals surface area contributed by atoms with Gasteiger partial charge in [-0.25, -0.2) is 19.0 Å². The van der Waals surface area contributed by atoms with Gasteiger partial charge in [-0.15, -0.1) is 0 Å². The van der Waals surface area contributed by atoms with E-state index >= 15 is 0 Å². The average Bonchev–Trinajstić information content (AvgIpc) is 3.23. The molecule has 0 atom stereocenters. The van der Waals surface area contributed by atoms with Crippen LogP contribution < -0.4 is 0 Å². The zero-order valence-electron chi connectivity index (χ0n) is 20.6. The summed E-state index contributed by atoms with van der Waals surface area (Å²) in [7, 11) is 1.91. The summed E-state index contributed by atoms with van der Waals surface area (Å²) in [6.45, 7) is 9.63. The molecule has 0 saturated carbocycles. The summed E-state index contributed by atoms with van der Waals surface area (Å²) >= 11 is 0. The minimum absolute atomic E-state index is 0.257. The van der Waals surface area contributed by atoms with E-state index in [0.717, 1.165) is 51.6 Å². The van der Waals surface area contributed by atoms with Crippen molar-refractivity contribution in [3.63, 3.8) is 0 Å². The molecular formula is C26H31FN6O. The molecule has 0 bridgehead atoms. The summed E-state index contributed by atoms with van der Waals surface area (Å²) in [6.07, 6.45) is 3.41. The van der Waals surface area contributed by atoms with Crippen LogP contribution in [0.5, 0.6) is 0 Å². The molecule has 0 radical (unpaired) electrons. The summed E-state index contributed by atoms with van der Waals surface area (Å²) in [5.41, 5.74) is 6.84. The topological polar surface area (TPSA) is 81.7 Å². The Bertz CT molecular complexity index is 1310. The van der Waals surface area contributed by atoms with E-state index in [2.05, 4.69) is 22.0 Å². The Balaban J connectivity index is 1.68. The minimum Gasteiger partial charge on any atom is -0.390 e. The van der Waals surface area contributed by atoms with Crippen molar-refractivity contribution in [3.8, 4) is 17.1 Å². The van der Waals surface area contributed by atoms with Crippen molar-refractivity contribution < 1.29 is 9.50 Å². The molecule has 0 unspecified atom stereocenters. The third kappa shape index (κ3) is 4.77. The zero-order valence-corrected chi connectivity index (χ0v) is 20.6. The van der Waals surface area contributed by atoms with Gasteiger partial charge in [0.15, 0.2) is 5.82 Å². The van der Waals surface area contributed by atoms with E-state index in [1.165, 1.54) is 12.1 Å². The monoisotopic (exact) mass is 462 g/mol. The van der Waals surface area contributed by atoms with E-state index in [-0.39, 0.29) is 5.82 Å². The molecule has 34 heavy (non-hydrogen) atoms. The van der Waals surface area contributed by atoms with Crippen LogP contribution >= 0.6 is 0 Å². The summed E-state index contributed by atoms with van der Waals surface area (Å²) in [5, 5.41) is 19.7. The Morgan fingerprint density at radius 1 is 1.03 bits per heavy atom. The van der Waals surface area contributed by atoms with Gasteiger partial charge in [0.1, 0.15) is 12.1 Å². The Morgan fingerprint density at radius 3 is 2.38 bits per heavy atom. The van der Waals surface area contributed by atoms with Crippen molar-refractivity contribution in [1.29, 1.82) is 0 Å². The van der Waals surface area contributed by atoms with Gasteiger partial charge in [-0.2, -0.15) is 10.2 Å². The molecule has 3 heterocycles. The number of aromatic nitrogens is 6. The number of hydrogen-bond acceptors (Lipinski definition) is 5. The van der Waals surface area contributed by atoms with Crippen LogP contribution in [-0.4, -0.2) is 40.2 Å². The molecule has 0 amide bonds. The van der Waals surface area contributed by atoms with Gasteiger partial charge in [-0.05, 0) is 63.9 Å². The van der Waals surface area contributed by atoms with Crippen LogP contribution in [0.15, 0.2) is 36.7 Å². The first-order chi connectivity index (χ1) is 16.1. The molecule has 0 aliphatic rings. The van der Waals surface area contributed by atoms with Crippen LogP contribution in [0.1, 0.15) is 54.7 Å². The second-order valence-corrected chi connectivity index (χ2v) is 9.35. The molecule has 0 aliphatic heterocycles. The van der Waals surface area contributed by atoms with Gasteiger partial charge in [-0.1, -0.05) is 6.92 Å². The van der Waals surface area contributed by atoms with Crippen LogP contribution in [0.4, 0.5) is 4.39 Å². The number of rotatable bonds is 7. The molecule has 4 rings (SSSR count). The highest BCUT2D eigenvalue weighted by Crippen LogP contribution is 2.28. The lowest BCUT2D eigenvalue weighted by atomic mass is 9.97. The smallest absolute Gasteiger partial charge is 0.157 e. The zero-order chi connectivity index (χ0) is 24.6. The van der Waals surface area contributed by atoms with Gasteiger partial charge in [0.25, 0.3) is 0 Å². The standard InChI is InChI=1S/C26H31FN6O/c1-7-21-23(31-32(6)25(21)18-8-10-19(27)11-9-18)12-20-13-24(29-15-28-20)33-17(3)22(16(2)30-33)14-26(4,5)34/h8-11,13,15,34H,7,12,14H2,1-6H3. The number of aliphatic hydroxyl groups is 1. The largest absolute Gasteiger partial charge is 0.390 e. The van der Waals surface area contributed by atoms with Crippen molar-refractivity contribution in [2.75, 3.05) is 0 Å². The van der Waals surface area contributed by atoms with Gasteiger partial charge in [0.05, 0.1) is 28.4 Å². The summed E-state index contributed by atoms with van der Waals surface area (Å²) in [5.74, 6) is 0.424. The third-order valence-corrected chi connectivity index (χ3v) is 6.03. The number of aryl methyl sites for hydroxylation is 2. The molecule has 3 aromatic heterocycles. The molecule has 0 spiro atoms. The first-order valence-corrected chi connectivity index (χ1v) is 11.5. The molecule has 4 aromatic rings. The van der Waals surface area contributed by atoms with E-state index in [0.29, 0.717) is 18.7 Å². The third-order valence-electron chi connectivity index (χ3n) is 6.03. The van der Waals surface area contributed by atoms with Crippen LogP contribution in [0.3, 0.4) is 0 Å². The van der Waals surface area contributed by atoms with Crippen molar-refractivity contribution >= 4 is 0 Å². The number of hydrogen-bond donors (Lipinski definition) is 1. The quantitative estimate of drug-likeness (QED) is 0.443. The van der Waals surface area contributed by atoms with Crippen LogP contribution in [0.25, 0.3) is 17.1 Å². The first kappa shape index (κ1) is 23.8. The number of benzene rings is 1. The molecule has 0 saturated heterocycles. The fraction of sp³-hybridized carbons (Fsp3) is 0.385. The highest BCUT2D eigenvalue weighted by molar-refractivity contribution is 5.65. The minimum atomic E-state index is -0.821. The normalized spacial score (nSPS) is 11.9. The maximum Gasteiger partial charge on any atom is 0.157 e. The van der Waals surface area contributed by atoms with Gasteiger partial charge in [0.2, 0.25) is 0 Å². The Kier molecular flexibility index (Phi) is 6.36.